The SMILES string of the molecule is C=CCOC(=O)Nc1cc(OC)c(OC)cc1C(=O)N1CCC[C@H]1CO[Si+](C)C(C)(C)C. The van der Waals surface area contributed by atoms with Gasteiger partial charge in [0, 0.05) is 12.6 Å². The zero-order valence-corrected chi connectivity index (χ0v) is 20.9. The van der Waals surface area contributed by atoms with Crippen molar-refractivity contribution in [2.24, 2.45) is 0 Å². The maximum absolute atomic E-state index is 13.6. The monoisotopic (exact) mass is 463 g/mol. The molecule has 9 heteroatoms. The Morgan fingerprint density at radius 2 is 1.91 bits per heavy atom. The van der Waals surface area contributed by atoms with Gasteiger partial charge in [0.05, 0.1) is 38.1 Å². The zero-order valence-electron chi connectivity index (χ0n) is 19.9. The third kappa shape index (κ3) is 6.49. The van der Waals surface area contributed by atoms with E-state index in [0.717, 1.165) is 12.8 Å². The number of amides is 2. The molecule has 1 N–H and O–H groups in total. The van der Waals surface area contributed by atoms with E-state index in [1.807, 2.05) is 4.90 Å². The molecule has 1 atom stereocenters. The highest BCUT2D eigenvalue weighted by Crippen LogP contribution is 2.35. The minimum Gasteiger partial charge on any atom is -0.493 e. The Kier molecular flexibility index (Phi) is 9.15. The van der Waals surface area contributed by atoms with Crippen molar-refractivity contribution in [1.29, 1.82) is 0 Å². The van der Waals surface area contributed by atoms with Crippen LogP contribution >= 0.6 is 0 Å². The molecule has 176 valence electrons. The number of hydrogen-bond donors (Lipinski definition) is 1. The van der Waals surface area contributed by atoms with Gasteiger partial charge >= 0.3 is 15.1 Å². The number of benzene rings is 1. The topological polar surface area (TPSA) is 86.3 Å². The molecule has 1 aliphatic rings. The van der Waals surface area contributed by atoms with E-state index in [4.69, 9.17) is 18.6 Å². The van der Waals surface area contributed by atoms with Gasteiger partial charge in [-0.1, -0.05) is 12.7 Å². The number of hydrogen-bond acceptors (Lipinski definition) is 6. The molecule has 1 aromatic rings. The average molecular weight is 464 g/mol. The number of nitrogens with zero attached hydrogens (tertiary/aromatic N) is 1. The summed E-state index contributed by atoms with van der Waals surface area (Å²) in [7, 11) is 1.98. The quantitative estimate of drug-likeness (QED) is 0.429. The van der Waals surface area contributed by atoms with Crippen molar-refractivity contribution in [3.63, 3.8) is 0 Å². The van der Waals surface area contributed by atoms with Crippen molar-refractivity contribution in [3.8, 4) is 11.5 Å². The fourth-order valence-corrected chi connectivity index (χ4v) is 4.18. The number of likely N-dealkylation sites (tertiary alicyclic amines) is 1. The third-order valence-corrected chi connectivity index (χ3v) is 8.22. The molecule has 1 aliphatic heterocycles. The fourth-order valence-electron chi connectivity index (χ4n) is 3.31. The van der Waals surface area contributed by atoms with Gasteiger partial charge in [0.25, 0.3) is 5.91 Å². The predicted molar refractivity (Wildman–Crippen MR) is 126 cm³/mol. The Morgan fingerprint density at radius 3 is 2.50 bits per heavy atom. The number of nitrogens with one attached hydrogen (secondary N) is 1. The van der Waals surface area contributed by atoms with Crippen LogP contribution in [0.15, 0.2) is 24.8 Å². The second kappa shape index (κ2) is 11.4. The molecule has 1 heterocycles. The number of anilines is 1. The fraction of sp³-hybridized carbons (Fsp3) is 0.565. The van der Waals surface area contributed by atoms with Crippen molar-refractivity contribution in [2.75, 3.05) is 39.3 Å². The van der Waals surface area contributed by atoms with Gasteiger partial charge in [-0.3, -0.25) is 10.1 Å². The molecule has 0 radical (unpaired) electrons. The first kappa shape index (κ1) is 25.7. The van der Waals surface area contributed by atoms with Crippen LogP contribution in [0.3, 0.4) is 0 Å². The van der Waals surface area contributed by atoms with Crippen molar-refractivity contribution >= 4 is 26.7 Å². The Bertz CT molecular complexity index is 823. The summed E-state index contributed by atoms with van der Waals surface area (Å²) >= 11 is 0. The molecular formula is C23H35N2O6Si+. The lowest BCUT2D eigenvalue weighted by Gasteiger charge is -2.26. The summed E-state index contributed by atoms with van der Waals surface area (Å²) in [4.78, 5) is 27.5. The number of rotatable bonds is 9. The molecule has 8 nitrogen and oxygen atoms in total. The lowest BCUT2D eigenvalue weighted by molar-refractivity contribution is 0.0689. The highest BCUT2D eigenvalue weighted by molar-refractivity contribution is 6.53. The Morgan fingerprint density at radius 1 is 1.25 bits per heavy atom. The number of carbonyl (C=O) groups excluding carboxylic acids is 2. The van der Waals surface area contributed by atoms with E-state index < -0.39 is 15.1 Å². The highest BCUT2D eigenvalue weighted by atomic mass is 28.3. The highest BCUT2D eigenvalue weighted by Gasteiger charge is 2.41. The Labute approximate surface area is 192 Å². The molecule has 32 heavy (non-hydrogen) atoms. The molecule has 2 rings (SSSR count). The van der Waals surface area contributed by atoms with Crippen molar-refractivity contribution in [3.05, 3.63) is 30.4 Å². The molecule has 0 saturated carbocycles. The first-order valence-corrected chi connectivity index (χ1v) is 12.6. The van der Waals surface area contributed by atoms with Crippen LogP contribution in [0.1, 0.15) is 44.0 Å². The molecule has 1 saturated heterocycles. The van der Waals surface area contributed by atoms with Crippen LogP contribution in [0.4, 0.5) is 10.5 Å². The van der Waals surface area contributed by atoms with Gasteiger partial charge in [0.1, 0.15) is 18.3 Å². The smallest absolute Gasteiger partial charge is 0.475 e. The summed E-state index contributed by atoms with van der Waals surface area (Å²) in [6, 6.07) is 3.14. The second-order valence-electron chi connectivity index (χ2n) is 8.68. The summed E-state index contributed by atoms with van der Waals surface area (Å²) < 4.78 is 21.9. The van der Waals surface area contributed by atoms with Crippen LogP contribution in [-0.4, -0.2) is 66.0 Å². The van der Waals surface area contributed by atoms with Gasteiger partial charge < -0.3 is 19.1 Å². The maximum Gasteiger partial charge on any atom is 0.475 e. The van der Waals surface area contributed by atoms with Crippen LogP contribution in [0, 0.1) is 0 Å². The first-order valence-electron chi connectivity index (χ1n) is 10.7. The summed E-state index contributed by atoms with van der Waals surface area (Å²) in [5.74, 6) is 0.601. The summed E-state index contributed by atoms with van der Waals surface area (Å²) in [6.45, 7) is 13.4. The van der Waals surface area contributed by atoms with Crippen molar-refractivity contribution < 1.29 is 28.2 Å². The van der Waals surface area contributed by atoms with Crippen LogP contribution in [0.5, 0.6) is 11.5 Å². The Hall–Kier alpha value is -2.52. The minimum atomic E-state index is -1.01. The van der Waals surface area contributed by atoms with E-state index in [0.29, 0.717) is 35.9 Å². The second-order valence-corrected chi connectivity index (χ2v) is 11.6. The van der Waals surface area contributed by atoms with E-state index in [2.05, 4.69) is 39.2 Å². The van der Waals surface area contributed by atoms with Crippen LogP contribution < -0.4 is 14.8 Å². The zero-order chi connectivity index (χ0) is 23.9. The average Bonchev–Trinajstić information content (AvgIpc) is 3.23. The van der Waals surface area contributed by atoms with E-state index in [1.54, 1.807) is 12.1 Å². The minimum absolute atomic E-state index is 0.0153. The van der Waals surface area contributed by atoms with E-state index in [9.17, 15) is 9.59 Å². The normalized spacial score (nSPS) is 15.8. The van der Waals surface area contributed by atoms with Crippen LogP contribution in [-0.2, 0) is 9.16 Å². The third-order valence-electron chi connectivity index (χ3n) is 5.51. The van der Waals surface area contributed by atoms with Gasteiger partial charge in [-0.25, -0.2) is 9.22 Å². The molecule has 0 unspecified atom stereocenters. The molecule has 0 aromatic heterocycles. The Balaban J connectivity index is 2.29. The van der Waals surface area contributed by atoms with Gasteiger partial charge in [0.15, 0.2) is 11.5 Å². The molecule has 2 amide bonds. The summed E-state index contributed by atoms with van der Waals surface area (Å²) in [5.41, 5.74) is 0.603. The van der Waals surface area contributed by atoms with Gasteiger partial charge in [0.2, 0.25) is 0 Å². The van der Waals surface area contributed by atoms with Crippen LogP contribution in [0.25, 0.3) is 0 Å². The van der Waals surface area contributed by atoms with Crippen LogP contribution in [0.2, 0.25) is 11.6 Å². The molecule has 0 spiro atoms. The van der Waals surface area contributed by atoms with Gasteiger partial charge in [-0.05, 0) is 39.7 Å². The van der Waals surface area contributed by atoms with Gasteiger partial charge in [-0.2, -0.15) is 0 Å². The first-order chi connectivity index (χ1) is 15.1. The van der Waals surface area contributed by atoms with Crippen molar-refractivity contribution in [2.45, 2.75) is 51.2 Å². The molecule has 0 bridgehead atoms. The largest absolute Gasteiger partial charge is 0.493 e. The number of ether oxygens (including phenoxy) is 3. The standard InChI is InChI=1S/C23H34N2O6Si/c1-8-12-30-22(27)24-18-14-20(29-6)19(28-5)13-17(18)21(26)25-11-9-10-16(25)15-31-32(7)23(2,3)4/h8,13-14,16H,1,9-12,15H2,2-7H3/p+1/t16-/m0/s1. The summed E-state index contributed by atoms with van der Waals surface area (Å²) in [6.07, 6.45) is 2.56. The van der Waals surface area contributed by atoms with E-state index >= 15 is 0 Å². The lowest BCUT2D eigenvalue weighted by Crippen LogP contribution is -2.40. The van der Waals surface area contributed by atoms with E-state index in [1.165, 1.54) is 20.3 Å². The number of carbonyl (C=O) groups is 2. The van der Waals surface area contributed by atoms with Crippen molar-refractivity contribution in [1.82, 2.24) is 4.90 Å². The van der Waals surface area contributed by atoms with Gasteiger partial charge in [-0.15, -0.1) is 0 Å². The number of methoxy groups -OCH3 is 2. The lowest BCUT2D eigenvalue weighted by atomic mass is 10.1. The predicted octanol–water partition coefficient (Wildman–Crippen LogP) is 4.48. The van der Waals surface area contributed by atoms with E-state index in [-0.39, 0.29) is 23.6 Å². The maximum atomic E-state index is 13.6. The molecule has 1 aromatic carbocycles. The molecule has 1 fully saturated rings. The molecular weight excluding hydrogens is 428 g/mol. The molecule has 0 aliphatic carbocycles. The summed E-state index contributed by atoms with van der Waals surface area (Å²) in [5, 5.41) is 2.76.